The molecule has 0 saturated carbocycles. The first-order chi connectivity index (χ1) is 12.3. The van der Waals surface area contributed by atoms with Crippen LogP contribution in [-0.4, -0.2) is 35.9 Å². The Morgan fingerprint density at radius 3 is 2.54 bits per heavy atom. The first-order valence-electron chi connectivity index (χ1n) is 8.99. The summed E-state index contributed by atoms with van der Waals surface area (Å²) in [5, 5.41) is 6.41. The molecule has 1 heterocycles. The molecule has 2 rings (SSSR count). The summed E-state index contributed by atoms with van der Waals surface area (Å²) >= 11 is 1.57. The van der Waals surface area contributed by atoms with Gasteiger partial charge < -0.3 is 16.4 Å². The van der Waals surface area contributed by atoms with Crippen molar-refractivity contribution in [3.63, 3.8) is 0 Å². The van der Waals surface area contributed by atoms with Gasteiger partial charge in [0, 0.05) is 25.4 Å². The molecule has 0 aliphatic rings. The highest BCUT2D eigenvalue weighted by Gasteiger charge is 2.23. The third-order valence-corrected chi connectivity index (χ3v) is 5.14. The molecule has 1 atom stereocenters. The molecule has 0 aliphatic carbocycles. The Hall–Kier alpha value is -1.99. The van der Waals surface area contributed by atoms with Gasteiger partial charge in [-0.3, -0.25) is 9.59 Å². The van der Waals surface area contributed by atoms with Crippen LogP contribution in [0.15, 0.2) is 18.2 Å². The van der Waals surface area contributed by atoms with Gasteiger partial charge in [-0.05, 0) is 23.6 Å². The fraction of sp³-hybridized carbons (Fsp3) is 0.526. The Morgan fingerprint density at radius 2 is 1.92 bits per heavy atom. The minimum absolute atomic E-state index is 0.152. The lowest BCUT2D eigenvalue weighted by Gasteiger charge is -2.18. The quantitative estimate of drug-likeness (QED) is 0.658. The van der Waals surface area contributed by atoms with Gasteiger partial charge in [0.05, 0.1) is 15.2 Å². The Morgan fingerprint density at radius 1 is 1.19 bits per heavy atom. The minimum Gasteiger partial charge on any atom is -0.353 e. The van der Waals surface area contributed by atoms with Crippen LogP contribution in [0.5, 0.6) is 0 Å². The van der Waals surface area contributed by atoms with Gasteiger partial charge in [0.15, 0.2) is 0 Å². The number of nitrogens with one attached hydrogen (secondary N) is 2. The van der Waals surface area contributed by atoms with Gasteiger partial charge in [-0.1, -0.05) is 33.8 Å². The van der Waals surface area contributed by atoms with Gasteiger partial charge in [-0.15, -0.1) is 11.3 Å². The fourth-order valence-corrected chi connectivity index (χ4v) is 3.54. The number of amides is 2. The lowest BCUT2D eigenvalue weighted by Crippen LogP contribution is -2.49. The zero-order valence-corrected chi connectivity index (χ0v) is 16.7. The van der Waals surface area contributed by atoms with Gasteiger partial charge in [0.2, 0.25) is 11.8 Å². The number of carbonyl (C=O) groups is 2. The number of thiazole rings is 1. The van der Waals surface area contributed by atoms with E-state index in [2.05, 4.69) is 41.6 Å². The molecule has 1 aromatic carbocycles. The van der Waals surface area contributed by atoms with Crippen LogP contribution in [-0.2, 0) is 16.0 Å². The Bertz CT molecular complexity index is 770. The van der Waals surface area contributed by atoms with Crippen molar-refractivity contribution in [1.29, 1.82) is 0 Å². The van der Waals surface area contributed by atoms with Gasteiger partial charge in [0.1, 0.15) is 6.04 Å². The maximum atomic E-state index is 12.4. The van der Waals surface area contributed by atoms with Gasteiger partial charge in [-0.25, -0.2) is 4.98 Å². The van der Waals surface area contributed by atoms with Gasteiger partial charge >= 0.3 is 0 Å². The molecule has 0 aliphatic heterocycles. The van der Waals surface area contributed by atoms with E-state index in [0.717, 1.165) is 15.2 Å². The van der Waals surface area contributed by atoms with Crippen molar-refractivity contribution < 1.29 is 9.59 Å². The average molecular weight is 377 g/mol. The molecule has 26 heavy (non-hydrogen) atoms. The number of rotatable bonds is 8. The summed E-state index contributed by atoms with van der Waals surface area (Å²) in [6, 6.07) is 5.60. The summed E-state index contributed by atoms with van der Waals surface area (Å²) < 4.78 is 1.10. The maximum absolute atomic E-state index is 12.4. The maximum Gasteiger partial charge on any atom is 0.243 e. The number of fused-ring (bicyclic) bond motifs is 1. The van der Waals surface area contributed by atoms with Crippen molar-refractivity contribution in [3.05, 3.63) is 28.8 Å². The molecule has 2 amide bonds. The molecule has 0 bridgehead atoms. The zero-order valence-electron chi connectivity index (χ0n) is 15.8. The summed E-state index contributed by atoms with van der Waals surface area (Å²) in [6.07, 6.45) is 0.366. The molecule has 1 aromatic heterocycles. The number of hydrogen-bond donors (Lipinski definition) is 3. The highest BCUT2D eigenvalue weighted by atomic mass is 32.1. The number of nitrogens with two attached hydrogens (primary N) is 1. The minimum atomic E-state index is -0.651. The van der Waals surface area contributed by atoms with Crippen LogP contribution in [0.1, 0.15) is 44.2 Å². The molecule has 0 saturated heterocycles. The molecule has 7 heteroatoms. The van der Waals surface area contributed by atoms with E-state index in [-0.39, 0.29) is 17.7 Å². The standard InChI is InChI=1S/C19H28N4O2S/c1-11(2)13-5-6-14-16(9-13)26-17(22-14)10-15(19(25)21-8-7-20)23-18(24)12(3)4/h5-6,9,11-12,15H,7-8,10,20H2,1-4H3,(H,21,25)(H,23,24). The van der Waals surface area contributed by atoms with Crippen LogP contribution >= 0.6 is 11.3 Å². The first-order valence-corrected chi connectivity index (χ1v) is 9.81. The van der Waals surface area contributed by atoms with E-state index >= 15 is 0 Å². The topological polar surface area (TPSA) is 97.1 Å². The molecular weight excluding hydrogens is 348 g/mol. The summed E-state index contributed by atoms with van der Waals surface area (Å²) in [7, 11) is 0. The third kappa shape index (κ3) is 5.25. The average Bonchev–Trinajstić information content (AvgIpc) is 3.00. The third-order valence-electron chi connectivity index (χ3n) is 4.10. The van der Waals surface area contributed by atoms with E-state index in [1.807, 2.05) is 6.07 Å². The van der Waals surface area contributed by atoms with E-state index in [1.54, 1.807) is 25.2 Å². The Balaban J connectivity index is 2.21. The van der Waals surface area contributed by atoms with Crippen LogP contribution in [0, 0.1) is 5.92 Å². The van der Waals surface area contributed by atoms with Gasteiger partial charge in [-0.2, -0.15) is 0 Å². The summed E-state index contributed by atoms with van der Waals surface area (Å²) in [4.78, 5) is 29.1. The second-order valence-corrected chi connectivity index (χ2v) is 8.10. The lowest BCUT2D eigenvalue weighted by molar-refractivity contribution is -0.130. The number of carbonyl (C=O) groups excluding carboxylic acids is 2. The predicted octanol–water partition coefficient (Wildman–Crippen LogP) is 2.18. The van der Waals surface area contributed by atoms with Crippen LogP contribution in [0.2, 0.25) is 0 Å². The normalized spacial score (nSPS) is 12.6. The van der Waals surface area contributed by atoms with E-state index in [0.29, 0.717) is 25.4 Å². The number of aromatic nitrogens is 1. The highest BCUT2D eigenvalue weighted by Crippen LogP contribution is 2.27. The molecule has 4 N–H and O–H groups in total. The fourth-order valence-electron chi connectivity index (χ4n) is 2.48. The predicted molar refractivity (Wildman–Crippen MR) is 106 cm³/mol. The summed E-state index contributed by atoms with van der Waals surface area (Å²) in [5.41, 5.74) is 7.64. The van der Waals surface area contributed by atoms with Crippen molar-refractivity contribution >= 4 is 33.4 Å². The monoisotopic (exact) mass is 376 g/mol. The van der Waals surface area contributed by atoms with E-state index in [4.69, 9.17) is 5.73 Å². The number of nitrogens with zero attached hydrogens (tertiary/aromatic N) is 1. The van der Waals surface area contributed by atoms with Crippen molar-refractivity contribution in [2.45, 2.75) is 46.1 Å². The van der Waals surface area contributed by atoms with Crippen molar-refractivity contribution in [2.75, 3.05) is 13.1 Å². The Kier molecular flexibility index (Phi) is 7.11. The van der Waals surface area contributed by atoms with E-state index < -0.39 is 6.04 Å². The van der Waals surface area contributed by atoms with Crippen LogP contribution in [0.4, 0.5) is 0 Å². The molecule has 0 fully saturated rings. The van der Waals surface area contributed by atoms with E-state index in [1.165, 1.54) is 5.56 Å². The second kappa shape index (κ2) is 9.09. The SMILES string of the molecule is CC(C)C(=O)NC(Cc1nc2ccc(C(C)C)cc2s1)C(=O)NCCN. The van der Waals surface area contributed by atoms with Crippen LogP contribution in [0.3, 0.4) is 0 Å². The second-order valence-electron chi connectivity index (χ2n) is 6.99. The molecule has 6 nitrogen and oxygen atoms in total. The molecular formula is C19H28N4O2S. The van der Waals surface area contributed by atoms with Crippen LogP contribution in [0.25, 0.3) is 10.2 Å². The largest absolute Gasteiger partial charge is 0.353 e. The zero-order chi connectivity index (χ0) is 19.3. The molecule has 142 valence electrons. The number of hydrogen-bond acceptors (Lipinski definition) is 5. The van der Waals surface area contributed by atoms with Crippen molar-refractivity contribution in [2.24, 2.45) is 11.7 Å². The highest BCUT2D eigenvalue weighted by molar-refractivity contribution is 7.18. The smallest absolute Gasteiger partial charge is 0.243 e. The molecule has 1 unspecified atom stereocenters. The van der Waals surface area contributed by atoms with Crippen molar-refractivity contribution in [1.82, 2.24) is 15.6 Å². The Labute approximate surface area is 158 Å². The summed E-state index contributed by atoms with van der Waals surface area (Å²) in [5.74, 6) is -0.124. The van der Waals surface area contributed by atoms with E-state index in [9.17, 15) is 9.59 Å². The van der Waals surface area contributed by atoms with Crippen LogP contribution < -0.4 is 16.4 Å². The molecule has 0 radical (unpaired) electrons. The molecule has 0 spiro atoms. The first kappa shape index (κ1) is 20.3. The number of benzene rings is 1. The van der Waals surface area contributed by atoms with Gasteiger partial charge in [0.25, 0.3) is 0 Å². The molecule has 2 aromatic rings. The lowest BCUT2D eigenvalue weighted by atomic mass is 10.0. The van der Waals surface area contributed by atoms with Crippen molar-refractivity contribution in [3.8, 4) is 0 Å². The summed E-state index contributed by atoms with van der Waals surface area (Å²) in [6.45, 7) is 8.65.